The summed E-state index contributed by atoms with van der Waals surface area (Å²) >= 11 is 8.85. The fourth-order valence-electron chi connectivity index (χ4n) is 0.143. The molecule has 6 heteroatoms. The first-order valence-electron chi connectivity index (χ1n) is 1.84. The molecule has 0 aliphatic carbocycles. The van der Waals surface area contributed by atoms with E-state index >= 15 is 0 Å². The second-order valence-corrected chi connectivity index (χ2v) is 2.16. The second-order valence-electron chi connectivity index (χ2n) is 1.28. The van der Waals surface area contributed by atoms with Crippen LogP contribution in [0.15, 0.2) is 0 Å². The van der Waals surface area contributed by atoms with Gasteiger partial charge in [0.2, 0.25) is 0 Å². The van der Waals surface area contributed by atoms with Crippen molar-refractivity contribution in [3.8, 4) is 0 Å². The molecule has 0 saturated carbocycles. The van der Waals surface area contributed by atoms with E-state index in [-0.39, 0.29) is 0 Å². The van der Waals surface area contributed by atoms with Crippen LogP contribution < -0.4 is 0 Å². The zero-order valence-corrected chi connectivity index (χ0v) is 5.43. The van der Waals surface area contributed by atoms with Crippen LogP contribution in [0, 0.1) is 0 Å². The van der Waals surface area contributed by atoms with Gasteiger partial charge in [0.25, 0.3) is 0 Å². The molecule has 0 rings (SSSR count). The maximum Gasteiger partial charge on any atom is 0.409 e. The third-order valence-electron chi connectivity index (χ3n) is 0.534. The van der Waals surface area contributed by atoms with E-state index in [9.17, 15) is 17.6 Å². The highest BCUT2D eigenvalue weighted by atomic mass is 35.5. The van der Waals surface area contributed by atoms with Crippen LogP contribution >= 0.6 is 23.2 Å². The molecule has 0 amide bonds. The first-order chi connectivity index (χ1) is 3.85. The van der Waals surface area contributed by atoms with E-state index in [1.165, 1.54) is 0 Å². The van der Waals surface area contributed by atoms with Gasteiger partial charge in [0, 0.05) is 0 Å². The molecule has 0 aromatic carbocycles. The molecule has 56 valence electrons. The minimum atomic E-state index is -4.76. The summed E-state index contributed by atoms with van der Waals surface area (Å²) in [6.07, 6.45) is -4.76. The molecule has 0 fully saturated rings. The van der Waals surface area contributed by atoms with Gasteiger partial charge in [-0.1, -0.05) is 11.6 Å². The van der Waals surface area contributed by atoms with E-state index < -0.39 is 17.2 Å². The van der Waals surface area contributed by atoms with Crippen LogP contribution in [0.25, 0.3) is 0 Å². The molecule has 0 radical (unpaired) electrons. The van der Waals surface area contributed by atoms with Crippen molar-refractivity contribution in [1.29, 1.82) is 0 Å². The van der Waals surface area contributed by atoms with E-state index in [0.29, 0.717) is 0 Å². The normalized spacial score (nSPS) is 19.3. The Labute approximate surface area is 58.7 Å². The maximum atomic E-state index is 11.5. The molecule has 0 nitrogen and oxygen atoms in total. The van der Waals surface area contributed by atoms with Crippen molar-refractivity contribution in [3.05, 3.63) is 0 Å². The molecule has 0 aliphatic heterocycles. The van der Waals surface area contributed by atoms with Crippen LogP contribution in [-0.4, -0.2) is 17.2 Å². The van der Waals surface area contributed by atoms with Crippen LogP contribution in [0.1, 0.15) is 0 Å². The lowest BCUT2D eigenvalue weighted by atomic mass is 10.4. The van der Waals surface area contributed by atoms with Crippen molar-refractivity contribution < 1.29 is 17.6 Å². The van der Waals surface area contributed by atoms with Gasteiger partial charge in [-0.3, -0.25) is 0 Å². The number of alkyl halides is 6. The van der Waals surface area contributed by atoms with Gasteiger partial charge < -0.3 is 0 Å². The number of halogens is 6. The topological polar surface area (TPSA) is 0 Å². The Bertz CT molecular complexity index is 88.3. The lowest BCUT2D eigenvalue weighted by molar-refractivity contribution is -0.136. The van der Waals surface area contributed by atoms with Gasteiger partial charge in [-0.25, -0.2) is 4.39 Å². The molecule has 0 aliphatic rings. The van der Waals surface area contributed by atoms with Crippen molar-refractivity contribution in [3.63, 3.8) is 0 Å². The summed E-state index contributed by atoms with van der Waals surface area (Å²) in [4.78, 5) is 0. The Morgan fingerprint density at radius 1 is 1.11 bits per heavy atom. The standard InChI is InChI=1S/C3H2Cl2F4/c4-1(2(5)6)3(7,8)9/h1-2H/t1-,2+/m0/s1. The first kappa shape index (κ1) is 9.30. The van der Waals surface area contributed by atoms with Crippen molar-refractivity contribution in [2.45, 2.75) is 17.2 Å². The Balaban J connectivity index is 3.88. The highest BCUT2D eigenvalue weighted by Crippen LogP contribution is 2.30. The summed E-state index contributed by atoms with van der Waals surface area (Å²) < 4.78 is 45.2. The quantitative estimate of drug-likeness (QED) is 0.435. The summed E-state index contributed by atoms with van der Waals surface area (Å²) in [5, 5.41) is -2.61. The average Bonchev–Trinajstić information content (AvgIpc) is 1.62. The smallest absolute Gasteiger partial charge is 0.228 e. The highest BCUT2D eigenvalue weighted by molar-refractivity contribution is 6.29. The molecule has 0 spiro atoms. The number of rotatable bonds is 1. The van der Waals surface area contributed by atoms with Crippen molar-refractivity contribution in [1.82, 2.24) is 0 Å². The third-order valence-corrected chi connectivity index (χ3v) is 1.38. The fraction of sp³-hybridized carbons (Fsp3) is 1.00. The number of hydrogen-bond acceptors (Lipinski definition) is 0. The molecule has 0 saturated heterocycles. The lowest BCUT2D eigenvalue weighted by Gasteiger charge is -2.11. The number of hydrogen-bond donors (Lipinski definition) is 0. The second kappa shape index (κ2) is 2.92. The molecule has 0 unspecified atom stereocenters. The highest BCUT2D eigenvalue weighted by Gasteiger charge is 2.43. The Kier molecular flexibility index (Phi) is 3.02. The largest absolute Gasteiger partial charge is 0.409 e. The zero-order valence-electron chi connectivity index (χ0n) is 3.92. The molecule has 0 aromatic heterocycles. The van der Waals surface area contributed by atoms with E-state index in [1.807, 2.05) is 0 Å². The Hall–Kier alpha value is 0.300. The van der Waals surface area contributed by atoms with Gasteiger partial charge >= 0.3 is 6.18 Å². The summed E-state index contributed by atoms with van der Waals surface area (Å²) in [7, 11) is 0. The molecule has 9 heavy (non-hydrogen) atoms. The first-order valence-corrected chi connectivity index (χ1v) is 2.72. The Morgan fingerprint density at radius 3 is 1.44 bits per heavy atom. The summed E-state index contributed by atoms with van der Waals surface area (Å²) in [5.41, 5.74) is -2.58. The van der Waals surface area contributed by atoms with Gasteiger partial charge in [-0.15, -0.1) is 11.6 Å². The van der Waals surface area contributed by atoms with Crippen molar-refractivity contribution in [2.24, 2.45) is 0 Å². The summed E-state index contributed by atoms with van der Waals surface area (Å²) in [5.74, 6) is 0. The van der Waals surface area contributed by atoms with E-state index in [0.717, 1.165) is 0 Å². The SMILES string of the molecule is F[C@@H](Cl)[C@H](Cl)C(F)(F)F. The fourth-order valence-corrected chi connectivity index (χ4v) is 0.286. The predicted molar refractivity (Wildman–Crippen MR) is 26.4 cm³/mol. The molecule has 0 N–H and O–H groups in total. The zero-order chi connectivity index (χ0) is 7.65. The van der Waals surface area contributed by atoms with E-state index in [4.69, 9.17) is 0 Å². The monoisotopic (exact) mass is 184 g/mol. The predicted octanol–water partition coefficient (Wildman–Crippen LogP) is 2.69. The van der Waals surface area contributed by atoms with Crippen LogP contribution in [0.5, 0.6) is 0 Å². The van der Waals surface area contributed by atoms with Crippen molar-refractivity contribution >= 4 is 23.2 Å². The summed E-state index contributed by atoms with van der Waals surface area (Å²) in [6, 6.07) is 0. The van der Waals surface area contributed by atoms with Crippen LogP contribution in [-0.2, 0) is 0 Å². The average molecular weight is 185 g/mol. The molecular formula is C3H2Cl2F4. The molecule has 0 heterocycles. The molecule has 2 atom stereocenters. The van der Waals surface area contributed by atoms with Gasteiger partial charge in [0.15, 0.2) is 11.0 Å². The summed E-state index contributed by atoms with van der Waals surface area (Å²) in [6.45, 7) is 0. The van der Waals surface area contributed by atoms with Crippen LogP contribution in [0.2, 0.25) is 0 Å². The van der Waals surface area contributed by atoms with Gasteiger partial charge in [0.1, 0.15) is 0 Å². The van der Waals surface area contributed by atoms with E-state index in [2.05, 4.69) is 23.2 Å². The lowest BCUT2D eigenvalue weighted by Crippen LogP contribution is -2.29. The minimum absolute atomic E-state index is 2.58. The van der Waals surface area contributed by atoms with Gasteiger partial charge in [-0.2, -0.15) is 13.2 Å². The van der Waals surface area contributed by atoms with E-state index in [1.54, 1.807) is 0 Å². The third kappa shape index (κ3) is 3.11. The van der Waals surface area contributed by atoms with Crippen LogP contribution in [0.4, 0.5) is 17.6 Å². The van der Waals surface area contributed by atoms with Crippen molar-refractivity contribution in [2.75, 3.05) is 0 Å². The Morgan fingerprint density at radius 2 is 1.44 bits per heavy atom. The van der Waals surface area contributed by atoms with Gasteiger partial charge in [0.05, 0.1) is 0 Å². The molecule has 0 aromatic rings. The van der Waals surface area contributed by atoms with Gasteiger partial charge in [-0.05, 0) is 0 Å². The minimum Gasteiger partial charge on any atom is -0.228 e. The molecule has 0 bridgehead atoms. The van der Waals surface area contributed by atoms with Crippen LogP contribution in [0.3, 0.4) is 0 Å². The maximum absolute atomic E-state index is 11.5. The molecular weight excluding hydrogens is 183 g/mol.